The Morgan fingerprint density at radius 1 is 1.38 bits per heavy atom. The number of amides is 1. The first-order chi connectivity index (χ1) is 9.83. The third-order valence-electron chi connectivity index (χ3n) is 4.23. The Labute approximate surface area is 131 Å². The summed E-state index contributed by atoms with van der Waals surface area (Å²) in [6, 6.07) is -0.000655. The average molecular weight is 297 g/mol. The van der Waals surface area contributed by atoms with Crippen LogP contribution in [0, 0.1) is 5.92 Å². The normalized spacial score (nSPS) is 22.0. The number of rotatable bonds is 7. The van der Waals surface area contributed by atoms with E-state index >= 15 is 0 Å². The number of carbonyl (C=O) groups excluding carboxylic acids is 1. The molecule has 1 saturated heterocycles. The van der Waals surface area contributed by atoms with Crippen molar-refractivity contribution in [3.8, 4) is 0 Å². The van der Waals surface area contributed by atoms with Crippen LogP contribution in [-0.4, -0.2) is 48.6 Å². The standard InChI is InChI=1S/C17H35N3O/c1-6-7-10-18-16(21)14(2)20-11-8-9-15(13-20)12-19-17(3,4)5/h14-15,19H,6-13H2,1-5H3,(H,18,21). The molecule has 0 spiro atoms. The van der Waals surface area contributed by atoms with Crippen LogP contribution in [0.25, 0.3) is 0 Å². The van der Waals surface area contributed by atoms with E-state index in [2.05, 4.69) is 43.2 Å². The molecule has 2 unspecified atom stereocenters. The summed E-state index contributed by atoms with van der Waals surface area (Å²) in [5.74, 6) is 0.844. The van der Waals surface area contributed by atoms with Crippen molar-refractivity contribution >= 4 is 5.91 Å². The molecule has 1 heterocycles. The summed E-state index contributed by atoms with van der Waals surface area (Å²) in [6.07, 6.45) is 4.66. The maximum Gasteiger partial charge on any atom is 0.237 e. The van der Waals surface area contributed by atoms with E-state index in [4.69, 9.17) is 0 Å². The van der Waals surface area contributed by atoms with Crippen LogP contribution in [0.3, 0.4) is 0 Å². The quantitative estimate of drug-likeness (QED) is 0.709. The molecule has 1 amide bonds. The highest BCUT2D eigenvalue weighted by Crippen LogP contribution is 2.18. The Bertz CT molecular complexity index is 312. The number of nitrogens with zero attached hydrogens (tertiary/aromatic N) is 1. The average Bonchev–Trinajstić information content (AvgIpc) is 2.44. The van der Waals surface area contributed by atoms with Crippen LogP contribution in [0.5, 0.6) is 0 Å². The lowest BCUT2D eigenvalue weighted by Gasteiger charge is -2.37. The van der Waals surface area contributed by atoms with Crippen LogP contribution in [0.1, 0.15) is 60.3 Å². The Hall–Kier alpha value is -0.610. The van der Waals surface area contributed by atoms with E-state index in [0.29, 0.717) is 5.92 Å². The van der Waals surface area contributed by atoms with Crippen molar-refractivity contribution in [2.75, 3.05) is 26.2 Å². The number of carbonyl (C=O) groups is 1. The molecule has 2 atom stereocenters. The summed E-state index contributed by atoms with van der Waals surface area (Å²) >= 11 is 0. The number of likely N-dealkylation sites (tertiary alicyclic amines) is 1. The second-order valence-electron chi connectivity index (χ2n) is 7.45. The number of unbranched alkanes of at least 4 members (excludes halogenated alkanes) is 1. The molecule has 1 aliphatic rings. The molecule has 21 heavy (non-hydrogen) atoms. The van der Waals surface area contributed by atoms with Gasteiger partial charge in [0.25, 0.3) is 0 Å². The van der Waals surface area contributed by atoms with Gasteiger partial charge in [0.2, 0.25) is 5.91 Å². The van der Waals surface area contributed by atoms with E-state index in [9.17, 15) is 4.79 Å². The van der Waals surface area contributed by atoms with E-state index in [0.717, 1.165) is 39.0 Å². The van der Waals surface area contributed by atoms with Gasteiger partial charge in [0.05, 0.1) is 6.04 Å². The topological polar surface area (TPSA) is 44.4 Å². The van der Waals surface area contributed by atoms with Gasteiger partial charge in [-0.3, -0.25) is 9.69 Å². The molecule has 4 nitrogen and oxygen atoms in total. The molecule has 0 saturated carbocycles. The monoisotopic (exact) mass is 297 g/mol. The number of nitrogens with one attached hydrogen (secondary N) is 2. The minimum absolute atomic E-state index is 0.000655. The minimum Gasteiger partial charge on any atom is -0.355 e. The zero-order chi connectivity index (χ0) is 15.9. The molecule has 0 radical (unpaired) electrons. The van der Waals surface area contributed by atoms with Gasteiger partial charge in [-0.25, -0.2) is 0 Å². The zero-order valence-electron chi connectivity index (χ0n) is 14.7. The highest BCUT2D eigenvalue weighted by molar-refractivity contribution is 5.81. The second kappa shape index (κ2) is 8.74. The third-order valence-corrected chi connectivity index (χ3v) is 4.23. The molecule has 0 aromatic rings. The summed E-state index contributed by atoms with van der Waals surface area (Å²) in [5, 5.41) is 6.65. The van der Waals surface area contributed by atoms with Crippen molar-refractivity contribution in [2.24, 2.45) is 5.92 Å². The van der Waals surface area contributed by atoms with E-state index in [1.165, 1.54) is 12.8 Å². The second-order valence-corrected chi connectivity index (χ2v) is 7.45. The Morgan fingerprint density at radius 2 is 2.10 bits per heavy atom. The van der Waals surface area contributed by atoms with Gasteiger partial charge in [0.15, 0.2) is 0 Å². The fraction of sp³-hybridized carbons (Fsp3) is 0.941. The van der Waals surface area contributed by atoms with Gasteiger partial charge in [-0.2, -0.15) is 0 Å². The fourth-order valence-corrected chi connectivity index (χ4v) is 2.77. The van der Waals surface area contributed by atoms with Gasteiger partial charge >= 0.3 is 0 Å². The molecule has 0 aromatic heterocycles. The first-order valence-electron chi connectivity index (χ1n) is 8.60. The first kappa shape index (κ1) is 18.4. The van der Waals surface area contributed by atoms with Gasteiger partial charge in [-0.05, 0) is 66.0 Å². The van der Waals surface area contributed by atoms with Crippen LogP contribution in [-0.2, 0) is 4.79 Å². The lowest BCUT2D eigenvalue weighted by molar-refractivity contribution is -0.126. The van der Waals surface area contributed by atoms with Crippen molar-refractivity contribution in [1.29, 1.82) is 0 Å². The molecule has 1 aliphatic heterocycles. The van der Waals surface area contributed by atoms with Crippen molar-refractivity contribution in [3.63, 3.8) is 0 Å². The minimum atomic E-state index is -0.000655. The van der Waals surface area contributed by atoms with Crippen LogP contribution >= 0.6 is 0 Å². The van der Waals surface area contributed by atoms with Crippen molar-refractivity contribution in [2.45, 2.75) is 71.9 Å². The predicted octanol–water partition coefficient (Wildman–Crippen LogP) is 2.39. The number of hydrogen-bond donors (Lipinski definition) is 2. The smallest absolute Gasteiger partial charge is 0.237 e. The van der Waals surface area contributed by atoms with Crippen LogP contribution < -0.4 is 10.6 Å². The van der Waals surface area contributed by atoms with Crippen LogP contribution in [0.2, 0.25) is 0 Å². The molecule has 0 aliphatic carbocycles. The molecule has 124 valence electrons. The van der Waals surface area contributed by atoms with Gasteiger partial charge in [-0.15, -0.1) is 0 Å². The maximum atomic E-state index is 12.2. The molecular weight excluding hydrogens is 262 g/mol. The van der Waals surface area contributed by atoms with Gasteiger partial charge in [0.1, 0.15) is 0 Å². The van der Waals surface area contributed by atoms with Crippen LogP contribution in [0.15, 0.2) is 0 Å². The fourth-order valence-electron chi connectivity index (χ4n) is 2.77. The summed E-state index contributed by atoms with van der Waals surface area (Å²) in [7, 11) is 0. The highest BCUT2D eigenvalue weighted by Gasteiger charge is 2.27. The summed E-state index contributed by atoms with van der Waals surface area (Å²) in [6.45, 7) is 14.7. The molecule has 4 heteroatoms. The van der Waals surface area contributed by atoms with E-state index in [1.807, 2.05) is 6.92 Å². The van der Waals surface area contributed by atoms with Crippen molar-refractivity contribution in [3.05, 3.63) is 0 Å². The highest BCUT2D eigenvalue weighted by atomic mass is 16.2. The first-order valence-corrected chi connectivity index (χ1v) is 8.60. The summed E-state index contributed by atoms with van der Waals surface area (Å²) in [4.78, 5) is 14.5. The SMILES string of the molecule is CCCCNC(=O)C(C)N1CCCC(CNC(C)(C)C)C1. The molecule has 2 N–H and O–H groups in total. The number of hydrogen-bond acceptors (Lipinski definition) is 3. The van der Waals surface area contributed by atoms with Crippen LogP contribution in [0.4, 0.5) is 0 Å². The molecule has 1 rings (SSSR count). The molecular formula is C17H35N3O. The maximum absolute atomic E-state index is 12.2. The van der Waals surface area contributed by atoms with Gasteiger partial charge in [0, 0.05) is 18.6 Å². The van der Waals surface area contributed by atoms with Gasteiger partial charge < -0.3 is 10.6 Å². The lowest BCUT2D eigenvalue weighted by atomic mass is 9.95. The summed E-state index contributed by atoms with van der Waals surface area (Å²) < 4.78 is 0. The predicted molar refractivity (Wildman–Crippen MR) is 89.4 cm³/mol. The Kier molecular flexibility index (Phi) is 7.67. The Morgan fingerprint density at radius 3 is 2.71 bits per heavy atom. The molecule has 0 aromatic carbocycles. The van der Waals surface area contributed by atoms with Crippen molar-refractivity contribution in [1.82, 2.24) is 15.5 Å². The third kappa shape index (κ3) is 7.28. The Balaban J connectivity index is 2.38. The van der Waals surface area contributed by atoms with E-state index in [-0.39, 0.29) is 17.5 Å². The van der Waals surface area contributed by atoms with Crippen molar-refractivity contribution < 1.29 is 4.79 Å². The van der Waals surface area contributed by atoms with E-state index < -0.39 is 0 Å². The number of piperidine rings is 1. The molecule has 1 fully saturated rings. The summed E-state index contributed by atoms with van der Waals surface area (Å²) in [5.41, 5.74) is 0.172. The molecule has 0 bridgehead atoms. The van der Waals surface area contributed by atoms with E-state index in [1.54, 1.807) is 0 Å². The zero-order valence-corrected chi connectivity index (χ0v) is 14.7. The largest absolute Gasteiger partial charge is 0.355 e. The lowest BCUT2D eigenvalue weighted by Crippen LogP contribution is -2.51. The van der Waals surface area contributed by atoms with Gasteiger partial charge in [-0.1, -0.05) is 13.3 Å².